The van der Waals surface area contributed by atoms with Crippen LogP contribution in [0.3, 0.4) is 0 Å². The van der Waals surface area contributed by atoms with Gasteiger partial charge in [0.05, 0.1) is 30.7 Å². The number of hydrogen-bond acceptors (Lipinski definition) is 4. The van der Waals surface area contributed by atoms with Gasteiger partial charge in [0.25, 0.3) is 0 Å². The smallest absolute Gasteiger partial charge is 0.416 e. The maximum atomic E-state index is 14.1. The quantitative estimate of drug-likeness (QED) is 0.498. The molecule has 10 heteroatoms. The summed E-state index contributed by atoms with van der Waals surface area (Å²) >= 11 is 1.19. The fraction of sp³-hybridized carbons (Fsp3) is 0.211. The number of alkyl halides is 3. The van der Waals surface area contributed by atoms with E-state index < -0.39 is 17.6 Å². The molecule has 0 saturated heterocycles. The minimum Gasteiger partial charge on any atom is -0.494 e. The first-order valence-electron chi connectivity index (χ1n) is 8.18. The van der Waals surface area contributed by atoms with E-state index in [0.29, 0.717) is 16.1 Å². The average molecular weight is 493 g/mol. The Bertz CT molecular complexity index is 1050. The molecule has 156 valence electrons. The highest BCUT2D eigenvalue weighted by Crippen LogP contribution is 2.31. The molecule has 1 N–H and O–H groups in total. The average Bonchev–Trinajstić information content (AvgIpc) is 3.04. The van der Waals surface area contributed by atoms with Crippen molar-refractivity contribution < 1.29 is 27.4 Å². The zero-order chi connectivity index (χ0) is 20.3. The van der Waals surface area contributed by atoms with Crippen LogP contribution in [0.4, 0.5) is 23.2 Å². The van der Waals surface area contributed by atoms with Crippen LogP contribution in [0, 0.1) is 5.82 Å². The van der Waals surface area contributed by atoms with Crippen LogP contribution in [0.15, 0.2) is 52.8 Å². The molecule has 4 nitrogen and oxygen atoms in total. The summed E-state index contributed by atoms with van der Waals surface area (Å²) < 4.78 is 59.3. The van der Waals surface area contributed by atoms with Gasteiger partial charge in [0.2, 0.25) is 0 Å². The number of hydrogen-bond donors (Lipinski definition) is 1. The molecule has 0 unspecified atom stereocenters. The predicted molar refractivity (Wildman–Crippen MR) is 108 cm³/mol. The van der Waals surface area contributed by atoms with E-state index in [1.54, 1.807) is 16.0 Å². The minimum absolute atomic E-state index is 0. The summed E-state index contributed by atoms with van der Waals surface area (Å²) in [6.45, 7) is -0.0532. The van der Waals surface area contributed by atoms with Crippen molar-refractivity contribution in [2.75, 3.05) is 13.7 Å². The molecule has 2 aromatic carbocycles. The number of nitrogens with zero attached hydrogens (tertiary/aromatic N) is 2. The van der Waals surface area contributed by atoms with Gasteiger partial charge in [-0.15, -0.1) is 28.3 Å². The van der Waals surface area contributed by atoms with Crippen LogP contribution >= 0.6 is 28.3 Å². The number of ether oxygens (including phenoxy) is 1. The molecule has 0 spiro atoms. The van der Waals surface area contributed by atoms with Crippen molar-refractivity contribution >= 4 is 34.0 Å². The number of aliphatic hydroxyl groups is 1. The molecule has 0 fully saturated rings. The van der Waals surface area contributed by atoms with Gasteiger partial charge in [-0.1, -0.05) is 6.07 Å². The number of methoxy groups -OCH3 is 1. The Balaban J connectivity index is 0.00000300. The van der Waals surface area contributed by atoms with Gasteiger partial charge in [-0.2, -0.15) is 13.2 Å². The van der Waals surface area contributed by atoms with E-state index in [1.807, 2.05) is 0 Å². The maximum Gasteiger partial charge on any atom is 0.416 e. The highest BCUT2D eigenvalue weighted by atomic mass is 79.9. The first-order valence-corrected chi connectivity index (χ1v) is 9.06. The summed E-state index contributed by atoms with van der Waals surface area (Å²) in [6, 6.07) is 9.11. The molecule has 29 heavy (non-hydrogen) atoms. The molecule has 0 radical (unpaired) electrons. The number of halogens is 5. The topological polar surface area (TPSA) is 46.8 Å². The van der Waals surface area contributed by atoms with Gasteiger partial charge in [0, 0.05) is 17.5 Å². The Labute approximate surface area is 178 Å². The second kappa shape index (κ2) is 9.55. The second-order valence-electron chi connectivity index (χ2n) is 5.79. The number of benzene rings is 2. The van der Waals surface area contributed by atoms with Crippen LogP contribution in [-0.4, -0.2) is 23.4 Å². The van der Waals surface area contributed by atoms with Crippen LogP contribution in [0.25, 0.3) is 11.3 Å². The third-order valence-electron chi connectivity index (χ3n) is 3.97. The van der Waals surface area contributed by atoms with Gasteiger partial charge in [-0.25, -0.2) is 9.38 Å². The van der Waals surface area contributed by atoms with E-state index in [9.17, 15) is 22.7 Å². The van der Waals surface area contributed by atoms with E-state index in [4.69, 9.17) is 4.74 Å². The fourth-order valence-electron chi connectivity index (χ4n) is 2.65. The lowest BCUT2D eigenvalue weighted by atomic mass is 10.1. The lowest BCUT2D eigenvalue weighted by molar-refractivity contribution is -0.137. The SMILES string of the molecule is Br.COc1ccc(-c2csc(=Nc3cccc(C(F)(F)F)c3)n2CCO)cc1F. The van der Waals surface area contributed by atoms with E-state index in [-0.39, 0.29) is 41.6 Å². The normalized spacial score (nSPS) is 12.0. The Hall–Kier alpha value is -2.17. The molecule has 0 aliphatic heterocycles. The predicted octanol–water partition coefficient (Wildman–Crippen LogP) is 5.19. The largest absolute Gasteiger partial charge is 0.494 e. The highest BCUT2D eigenvalue weighted by molar-refractivity contribution is 8.93. The van der Waals surface area contributed by atoms with Crippen molar-refractivity contribution in [3.8, 4) is 17.0 Å². The summed E-state index contributed by atoms with van der Waals surface area (Å²) in [5.41, 5.74) is 0.465. The van der Waals surface area contributed by atoms with Crippen molar-refractivity contribution in [1.29, 1.82) is 0 Å². The Kier molecular flexibility index (Phi) is 7.61. The molecule has 1 aromatic heterocycles. The van der Waals surface area contributed by atoms with Crippen LogP contribution < -0.4 is 9.54 Å². The van der Waals surface area contributed by atoms with Gasteiger partial charge < -0.3 is 14.4 Å². The third kappa shape index (κ3) is 5.26. The molecule has 1 heterocycles. The zero-order valence-corrected chi connectivity index (χ0v) is 17.6. The number of thiazole rings is 1. The fourth-order valence-corrected chi connectivity index (χ4v) is 3.61. The second-order valence-corrected chi connectivity index (χ2v) is 6.62. The lowest BCUT2D eigenvalue weighted by Gasteiger charge is -2.09. The first kappa shape index (κ1) is 23.1. The lowest BCUT2D eigenvalue weighted by Crippen LogP contribution is -2.18. The molecule has 0 atom stereocenters. The molecule has 0 aliphatic carbocycles. The summed E-state index contributed by atoms with van der Waals surface area (Å²) in [5, 5.41) is 11.1. The first-order chi connectivity index (χ1) is 13.3. The van der Waals surface area contributed by atoms with Gasteiger partial charge in [0.1, 0.15) is 0 Å². The maximum absolute atomic E-state index is 14.1. The van der Waals surface area contributed by atoms with Gasteiger partial charge in [-0.05, 0) is 36.4 Å². The van der Waals surface area contributed by atoms with E-state index in [1.165, 1.54) is 42.7 Å². The van der Waals surface area contributed by atoms with Crippen molar-refractivity contribution in [1.82, 2.24) is 4.57 Å². The summed E-state index contributed by atoms with van der Waals surface area (Å²) in [7, 11) is 1.36. The molecule has 3 aromatic rings. The Morgan fingerprint density at radius 1 is 1.17 bits per heavy atom. The van der Waals surface area contributed by atoms with E-state index in [0.717, 1.165) is 12.1 Å². The van der Waals surface area contributed by atoms with Gasteiger partial charge >= 0.3 is 6.18 Å². The van der Waals surface area contributed by atoms with Crippen molar-refractivity contribution in [2.45, 2.75) is 12.7 Å². The standard InChI is InChI=1S/C19H16F4N2O2S.BrH/c1-27-17-6-5-12(9-15(17)20)16-11-28-18(25(16)7-8-26)24-14-4-2-3-13(10-14)19(21,22)23;/h2-6,9-11,26H,7-8H2,1H3;1H. The monoisotopic (exact) mass is 492 g/mol. The Morgan fingerprint density at radius 2 is 1.93 bits per heavy atom. The van der Waals surface area contributed by atoms with Crippen molar-refractivity contribution in [3.05, 3.63) is 64.0 Å². The molecule has 0 bridgehead atoms. The molecule has 0 saturated carbocycles. The van der Waals surface area contributed by atoms with Crippen LogP contribution in [0.1, 0.15) is 5.56 Å². The Morgan fingerprint density at radius 3 is 2.55 bits per heavy atom. The molecular formula is C19H17BrF4N2O2S. The molecule has 0 amide bonds. The summed E-state index contributed by atoms with van der Waals surface area (Å²) in [4.78, 5) is 4.68. The summed E-state index contributed by atoms with van der Waals surface area (Å²) in [5.74, 6) is -0.445. The highest BCUT2D eigenvalue weighted by Gasteiger charge is 2.30. The van der Waals surface area contributed by atoms with E-state index >= 15 is 0 Å². The number of aromatic nitrogens is 1. The van der Waals surface area contributed by atoms with Crippen molar-refractivity contribution in [2.24, 2.45) is 4.99 Å². The van der Waals surface area contributed by atoms with Gasteiger partial charge in [0.15, 0.2) is 16.4 Å². The van der Waals surface area contributed by atoms with Crippen molar-refractivity contribution in [3.63, 3.8) is 0 Å². The third-order valence-corrected chi connectivity index (χ3v) is 4.83. The van der Waals surface area contributed by atoms with Crippen LogP contribution in [0.5, 0.6) is 5.75 Å². The minimum atomic E-state index is -4.46. The van der Waals surface area contributed by atoms with Crippen LogP contribution in [-0.2, 0) is 12.7 Å². The number of rotatable bonds is 5. The number of aliphatic hydroxyl groups excluding tert-OH is 1. The van der Waals surface area contributed by atoms with Gasteiger partial charge in [-0.3, -0.25) is 0 Å². The zero-order valence-electron chi connectivity index (χ0n) is 15.1. The molecular weight excluding hydrogens is 476 g/mol. The van der Waals surface area contributed by atoms with E-state index in [2.05, 4.69) is 4.99 Å². The van der Waals surface area contributed by atoms with Crippen LogP contribution in [0.2, 0.25) is 0 Å². The summed E-state index contributed by atoms with van der Waals surface area (Å²) in [6.07, 6.45) is -4.46. The molecule has 0 aliphatic rings. The molecule has 3 rings (SSSR count).